The molecule has 0 aliphatic carbocycles. The lowest BCUT2D eigenvalue weighted by atomic mass is 10.2. The van der Waals surface area contributed by atoms with Crippen LogP contribution in [0, 0.1) is 6.92 Å². The molecule has 0 bridgehead atoms. The van der Waals surface area contributed by atoms with Gasteiger partial charge in [-0.15, -0.1) is 0 Å². The van der Waals surface area contributed by atoms with Crippen molar-refractivity contribution in [3.63, 3.8) is 0 Å². The Kier molecular flexibility index (Phi) is 3.94. The van der Waals surface area contributed by atoms with Crippen LogP contribution >= 0.6 is 15.9 Å². The molecule has 18 heavy (non-hydrogen) atoms. The van der Waals surface area contributed by atoms with E-state index in [1.165, 1.54) is 0 Å². The highest BCUT2D eigenvalue weighted by Gasteiger charge is 2.04. The first kappa shape index (κ1) is 12.6. The van der Waals surface area contributed by atoms with Gasteiger partial charge < -0.3 is 5.32 Å². The second kappa shape index (κ2) is 5.64. The number of halogens is 1. The lowest BCUT2D eigenvalue weighted by molar-refractivity contribution is 0.262. The van der Waals surface area contributed by atoms with Crippen molar-refractivity contribution < 1.29 is 4.79 Å². The number of carbonyl (C=O) groups excluding carboxylic acids is 1. The van der Waals surface area contributed by atoms with E-state index in [0.29, 0.717) is 5.82 Å². The van der Waals surface area contributed by atoms with E-state index in [-0.39, 0.29) is 6.03 Å². The van der Waals surface area contributed by atoms with Crippen LogP contribution in [0.2, 0.25) is 0 Å². The number of hydrogen-bond acceptors (Lipinski definition) is 2. The van der Waals surface area contributed by atoms with Crippen molar-refractivity contribution in [1.82, 2.24) is 4.98 Å². The monoisotopic (exact) mass is 305 g/mol. The summed E-state index contributed by atoms with van der Waals surface area (Å²) in [4.78, 5) is 15.7. The molecule has 0 aliphatic heterocycles. The van der Waals surface area contributed by atoms with Gasteiger partial charge >= 0.3 is 6.03 Å². The number of carbonyl (C=O) groups is 1. The Balaban J connectivity index is 2.01. The fourth-order valence-electron chi connectivity index (χ4n) is 1.44. The first-order chi connectivity index (χ1) is 8.65. The van der Waals surface area contributed by atoms with Crippen molar-refractivity contribution in [2.75, 3.05) is 10.6 Å². The van der Waals surface area contributed by atoms with E-state index in [9.17, 15) is 4.79 Å². The molecule has 0 radical (unpaired) electrons. The predicted octanol–water partition coefficient (Wildman–Crippen LogP) is 3.80. The normalized spacial score (nSPS) is 9.89. The van der Waals surface area contributed by atoms with Gasteiger partial charge in [0.15, 0.2) is 0 Å². The number of pyridine rings is 1. The van der Waals surface area contributed by atoms with Crippen molar-refractivity contribution in [3.8, 4) is 0 Å². The number of aryl methyl sites for hydroxylation is 1. The topological polar surface area (TPSA) is 54.0 Å². The molecule has 1 aromatic heterocycles. The van der Waals surface area contributed by atoms with Gasteiger partial charge in [0, 0.05) is 16.4 Å². The number of nitrogens with zero attached hydrogens (tertiary/aromatic N) is 1. The maximum absolute atomic E-state index is 11.7. The Morgan fingerprint density at radius 3 is 2.72 bits per heavy atom. The van der Waals surface area contributed by atoms with E-state index in [1.807, 2.05) is 31.2 Å². The molecule has 92 valence electrons. The molecular weight excluding hydrogens is 294 g/mol. The van der Waals surface area contributed by atoms with Crippen molar-refractivity contribution in [3.05, 3.63) is 52.6 Å². The van der Waals surface area contributed by atoms with Crippen molar-refractivity contribution in [1.29, 1.82) is 0 Å². The smallest absolute Gasteiger partial charge is 0.308 e. The molecular formula is C13H12BrN3O. The zero-order chi connectivity index (χ0) is 13.0. The third-order valence-electron chi connectivity index (χ3n) is 2.32. The van der Waals surface area contributed by atoms with E-state index in [2.05, 4.69) is 31.5 Å². The molecule has 2 aromatic rings. The first-order valence-corrected chi connectivity index (χ1v) is 6.19. The van der Waals surface area contributed by atoms with Crippen LogP contribution in [0.4, 0.5) is 16.3 Å². The standard InChI is InChI=1S/C13H12BrN3O/c1-9-8-10(5-6-11(9)14)16-13(18)17-12-4-2-3-7-15-12/h2-8H,1H3,(H2,15,16,17,18). The Labute approximate surface area is 114 Å². The zero-order valence-electron chi connectivity index (χ0n) is 9.77. The van der Waals surface area contributed by atoms with Crippen LogP contribution in [0.1, 0.15) is 5.56 Å². The summed E-state index contributed by atoms with van der Waals surface area (Å²) in [5.74, 6) is 0.517. The van der Waals surface area contributed by atoms with Gasteiger partial charge in [-0.1, -0.05) is 22.0 Å². The average Bonchev–Trinajstić information content (AvgIpc) is 2.35. The molecule has 0 saturated heterocycles. The van der Waals surface area contributed by atoms with Gasteiger partial charge in [-0.05, 0) is 42.8 Å². The maximum Gasteiger partial charge on any atom is 0.324 e. The van der Waals surface area contributed by atoms with Crippen molar-refractivity contribution in [2.45, 2.75) is 6.92 Å². The summed E-state index contributed by atoms with van der Waals surface area (Å²) in [6, 6.07) is 10.6. The van der Waals surface area contributed by atoms with E-state index < -0.39 is 0 Å². The molecule has 0 saturated carbocycles. The van der Waals surface area contributed by atoms with E-state index >= 15 is 0 Å². The number of anilines is 2. The number of rotatable bonds is 2. The van der Waals surface area contributed by atoms with Gasteiger partial charge in [0.2, 0.25) is 0 Å². The van der Waals surface area contributed by atoms with Crippen LogP contribution < -0.4 is 10.6 Å². The zero-order valence-corrected chi connectivity index (χ0v) is 11.4. The highest BCUT2D eigenvalue weighted by Crippen LogP contribution is 2.20. The Bertz CT molecular complexity index is 557. The third kappa shape index (κ3) is 3.30. The van der Waals surface area contributed by atoms with Gasteiger partial charge in [0.25, 0.3) is 0 Å². The lowest BCUT2D eigenvalue weighted by Gasteiger charge is -2.08. The molecule has 0 spiro atoms. The highest BCUT2D eigenvalue weighted by atomic mass is 79.9. The van der Waals surface area contributed by atoms with Gasteiger partial charge in [-0.25, -0.2) is 9.78 Å². The summed E-state index contributed by atoms with van der Waals surface area (Å²) < 4.78 is 1.01. The number of amides is 2. The SMILES string of the molecule is Cc1cc(NC(=O)Nc2ccccn2)ccc1Br. The second-order valence-corrected chi connectivity index (χ2v) is 4.61. The summed E-state index contributed by atoms with van der Waals surface area (Å²) in [5.41, 5.74) is 1.80. The molecule has 2 N–H and O–H groups in total. The van der Waals surface area contributed by atoms with Crippen LogP contribution in [0.25, 0.3) is 0 Å². The summed E-state index contributed by atoms with van der Waals surface area (Å²) in [5, 5.41) is 5.40. The second-order valence-electron chi connectivity index (χ2n) is 3.76. The van der Waals surface area contributed by atoms with Crippen molar-refractivity contribution >= 4 is 33.5 Å². The fourth-order valence-corrected chi connectivity index (χ4v) is 1.68. The first-order valence-electron chi connectivity index (χ1n) is 5.40. The Morgan fingerprint density at radius 1 is 1.22 bits per heavy atom. The van der Waals surface area contributed by atoms with Crippen LogP contribution in [0.15, 0.2) is 47.1 Å². The molecule has 1 aromatic carbocycles. The van der Waals surface area contributed by atoms with E-state index in [1.54, 1.807) is 18.3 Å². The molecule has 2 amide bonds. The quantitative estimate of drug-likeness (QED) is 0.886. The average molecular weight is 306 g/mol. The predicted molar refractivity (Wildman–Crippen MR) is 75.8 cm³/mol. The summed E-state index contributed by atoms with van der Waals surface area (Å²) in [6.45, 7) is 1.96. The van der Waals surface area contributed by atoms with E-state index in [0.717, 1.165) is 15.7 Å². The van der Waals surface area contributed by atoms with Crippen LogP contribution in [0.3, 0.4) is 0 Å². The summed E-state index contributed by atoms with van der Waals surface area (Å²) >= 11 is 3.41. The van der Waals surface area contributed by atoms with Gasteiger partial charge in [-0.2, -0.15) is 0 Å². The number of benzene rings is 1. The molecule has 4 nitrogen and oxygen atoms in total. The highest BCUT2D eigenvalue weighted by molar-refractivity contribution is 9.10. The number of aromatic nitrogens is 1. The molecule has 0 atom stereocenters. The minimum Gasteiger partial charge on any atom is -0.308 e. The summed E-state index contributed by atoms with van der Waals surface area (Å²) in [7, 11) is 0. The third-order valence-corrected chi connectivity index (χ3v) is 3.21. The molecule has 1 heterocycles. The summed E-state index contributed by atoms with van der Waals surface area (Å²) in [6.07, 6.45) is 1.62. The molecule has 0 unspecified atom stereocenters. The minimum atomic E-state index is -0.310. The molecule has 0 aliphatic rings. The largest absolute Gasteiger partial charge is 0.324 e. The van der Waals surface area contributed by atoms with Gasteiger partial charge in [0.05, 0.1) is 0 Å². The minimum absolute atomic E-state index is 0.310. The number of hydrogen-bond donors (Lipinski definition) is 2. The molecule has 0 fully saturated rings. The van der Waals surface area contributed by atoms with Crippen molar-refractivity contribution in [2.24, 2.45) is 0 Å². The molecule has 2 rings (SSSR count). The fraction of sp³-hybridized carbons (Fsp3) is 0.0769. The van der Waals surface area contributed by atoms with Gasteiger partial charge in [-0.3, -0.25) is 5.32 Å². The Morgan fingerprint density at radius 2 is 2.06 bits per heavy atom. The van der Waals surface area contributed by atoms with Crippen LogP contribution in [-0.2, 0) is 0 Å². The van der Waals surface area contributed by atoms with Gasteiger partial charge in [0.1, 0.15) is 5.82 Å². The maximum atomic E-state index is 11.7. The van der Waals surface area contributed by atoms with Crippen LogP contribution in [-0.4, -0.2) is 11.0 Å². The van der Waals surface area contributed by atoms with E-state index in [4.69, 9.17) is 0 Å². The lowest BCUT2D eigenvalue weighted by Crippen LogP contribution is -2.20. The van der Waals surface area contributed by atoms with Crippen LogP contribution in [0.5, 0.6) is 0 Å². The number of nitrogens with one attached hydrogen (secondary N) is 2. The molecule has 5 heteroatoms. The Hall–Kier alpha value is -1.88. The number of urea groups is 1.